The highest BCUT2D eigenvalue weighted by atomic mass is 16.1. The predicted octanol–water partition coefficient (Wildman–Crippen LogP) is 3.17. The maximum absolute atomic E-state index is 12.5. The molecule has 3 N–H and O–H groups in total. The summed E-state index contributed by atoms with van der Waals surface area (Å²) in [6, 6.07) is 15.7. The molecular weight excluding hydrogens is 300 g/mol. The van der Waals surface area contributed by atoms with Crippen LogP contribution < -0.4 is 10.6 Å². The normalized spacial score (nSPS) is 17.8. The van der Waals surface area contributed by atoms with E-state index >= 15 is 0 Å². The van der Waals surface area contributed by atoms with Gasteiger partial charge in [0.2, 0.25) is 5.91 Å². The van der Waals surface area contributed by atoms with E-state index < -0.39 is 0 Å². The van der Waals surface area contributed by atoms with Crippen LogP contribution in [0.25, 0.3) is 22.4 Å². The largest absolute Gasteiger partial charge is 0.338 e. The number of fused-ring (bicyclic) bond motifs is 1. The van der Waals surface area contributed by atoms with E-state index in [2.05, 4.69) is 20.6 Å². The fraction of sp³-hybridized carbons (Fsp3) is 0.263. The first kappa shape index (κ1) is 14.9. The summed E-state index contributed by atoms with van der Waals surface area (Å²) in [6.45, 7) is 1.75. The minimum atomic E-state index is 0.0301. The zero-order valence-electron chi connectivity index (χ0n) is 13.4. The number of hydrogen-bond acceptors (Lipinski definition) is 3. The van der Waals surface area contributed by atoms with Crippen LogP contribution in [-0.2, 0) is 4.79 Å². The monoisotopic (exact) mass is 320 g/mol. The van der Waals surface area contributed by atoms with E-state index in [1.807, 2.05) is 48.5 Å². The molecule has 0 saturated carbocycles. The van der Waals surface area contributed by atoms with Gasteiger partial charge >= 0.3 is 0 Å². The number of carbonyl (C=O) groups is 1. The molecule has 1 saturated heterocycles. The smallest absolute Gasteiger partial charge is 0.228 e. The number of nitrogens with zero attached hydrogens (tertiary/aromatic N) is 1. The van der Waals surface area contributed by atoms with Crippen LogP contribution in [0.1, 0.15) is 12.8 Å². The Morgan fingerprint density at radius 3 is 2.79 bits per heavy atom. The zero-order valence-corrected chi connectivity index (χ0v) is 13.4. The average Bonchev–Trinajstić information content (AvgIpc) is 3.07. The first-order valence-electron chi connectivity index (χ1n) is 8.37. The van der Waals surface area contributed by atoms with Crippen LogP contribution >= 0.6 is 0 Å². The van der Waals surface area contributed by atoms with Gasteiger partial charge in [0.15, 0.2) is 0 Å². The lowest BCUT2D eigenvalue weighted by Crippen LogP contribution is -2.37. The van der Waals surface area contributed by atoms with Gasteiger partial charge in [0.1, 0.15) is 5.82 Å². The van der Waals surface area contributed by atoms with E-state index in [0.717, 1.165) is 54.0 Å². The van der Waals surface area contributed by atoms with Crippen molar-refractivity contribution in [3.63, 3.8) is 0 Å². The molecular formula is C19H20N4O. The Bertz CT molecular complexity index is 831. The van der Waals surface area contributed by atoms with Crippen molar-refractivity contribution in [1.82, 2.24) is 15.3 Å². The molecule has 1 atom stereocenters. The van der Waals surface area contributed by atoms with Crippen molar-refractivity contribution in [2.24, 2.45) is 5.92 Å². The quantitative estimate of drug-likeness (QED) is 0.694. The number of amides is 1. The molecule has 1 aliphatic heterocycles. The van der Waals surface area contributed by atoms with Crippen molar-refractivity contribution >= 4 is 22.6 Å². The number of piperidine rings is 1. The molecule has 1 aromatic heterocycles. The van der Waals surface area contributed by atoms with E-state index in [0.29, 0.717) is 0 Å². The standard InChI is InChI=1S/C19H20N4O/c24-19(13-6-5-11-20-12-13)23-15-8-2-1-7-14(15)18-21-16-9-3-4-10-17(16)22-18/h1-4,7-10,13,20H,5-6,11-12H2,(H,21,22)(H,23,24). The number of hydrogen-bond donors (Lipinski definition) is 3. The summed E-state index contributed by atoms with van der Waals surface area (Å²) in [7, 11) is 0. The number of H-pyrrole nitrogens is 1. The number of aromatic nitrogens is 2. The lowest BCUT2D eigenvalue weighted by Gasteiger charge is -2.22. The van der Waals surface area contributed by atoms with Crippen LogP contribution in [-0.4, -0.2) is 29.0 Å². The highest BCUT2D eigenvalue weighted by Crippen LogP contribution is 2.28. The molecule has 1 unspecified atom stereocenters. The van der Waals surface area contributed by atoms with Gasteiger partial charge in [-0.2, -0.15) is 0 Å². The number of aromatic amines is 1. The summed E-state index contributed by atoms with van der Waals surface area (Å²) in [5, 5.41) is 6.37. The van der Waals surface area contributed by atoms with Gasteiger partial charge in [-0.15, -0.1) is 0 Å². The number of rotatable bonds is 3. The number of anilines is 1. The number of para-hydroxylation sites is 3. The molecule has 1 amide bonds. The van der Waals surface area contributed by atoms with Crippen molar-refractivity contribution in [3.8, 4) is 11.4 Å². The topological polar surface area (TPSA) is 69.8 Å². The van der Waals surface area contributed by atoms with Crippen LogP contribution in [0.5, 0.6) is 0 Å². The maximum atomic E-state index is 12.5. The third-order valence-corrected chi connectivity index (χ3v) is 4.50. The molecule has 0 spiro atoms. The van der Waals surface area contributed by atoms with Gasteiger partial charge in [-0.25, -0.2) is 4.98 Å². The minimum Gasteiger partial charge on any atom is -0.338 e. The van der Waals surface area contributed by atoms with E-state index in [-0.39, 0.29) is 11.8 Å². The Hall–Kier alpha value is -2.66. The second kappa shape index (κ2) is 6.45. The molecule has 1 fully saturated rings. The number of imidazole rings is 1. The lowest BCUT2D eigenvalue weighted by molar-refractivity contribution is -0.120. The molecule has 4 rings (SSSR count). The molecule has 0 radical (unpaired) electrons. The Labute approximate surface area is 140 Å². The van der Waals surface area contributed by atoms with Crippen LogP contribution in [0.2, 0.25) is 0 Å². The number of nitrogens with one attached hydrogen (secondary N) is 3. The second-order valence-electron chi connectivity index (χ2n) is 6.18. The van der Waals surface area contributed by atoms with Crippen molar-refractivity contribution in [2.75, 3.05) is 18.4 Å². The Balaban J connectivity index is 1.63. The average molecular weight is 320 g/mol. The highest BCUT2D eigenvalue weighted by molar-refractivity contribution is 5.97. The summed E-state index contributed by atoms with van der Waals surface area (Å²) >= 11 is 0. The van der Waals surface area contributed by atoms with Gasteiger partial charge in [0.25, 0.3) is 0 Å². The maximum Gasteiger partial charge on any atom is 0.228 e. The Morgan fingerprint density at radius 2 is 1.96 bits per heavy atom. The summed E-state index contributed by atoms with van der Waals surface area (Å²) in [5.41, 5.74) is 3.62. The Morgan fingerprint density at radius 1 is 1.12 bits per heavy atom. The fourth-order valence-corrected chi connectivity index (χ4v) is 3.19. The minimum absolute atomic E-state index is 0.0301. The van der Waals surface area contributed by atoms with Gasteiger partial charge in [-0.05, 0) is 43.7 Å². The van der Waals surface area contributed by atoms with E-state index in [1.54, 1.807) is 0 Å². The summed E-state index contributed by atoms with van der Waals surface area (Å²) in [6.07, 6.45) is 1.98. The molecule has 2 heterocycles. The van der Waals surface area contributed by atoms with E-state index in [9.17, 15) is 4.79 Å². The van der Waals surface area contributed by atoms with Gasteiger partial charge in [-0.3, -0.25) is 4.79 Å². The second-order valence-corrected chi connectivity index (χ2v) is 6.18. The van der Waals surface area contributed by atoms with Gasteiger partial charge < -0.3 is 15.6 Å². The van der Waals surface area contributed by atoms with Crippen LogP contribution in [0.15, 0.2) is 48.5 Å². The molecule has 24 heavy (non-hydrogen) atoms. The first-order chi connectivity index (χ1) is 11.8. The highest BCUT2D eigenvalue weighted by Gasteiger charge is 2.22. The Kier molecular flexibility index (Phi) is 4.01. The van der Waals surface area contributed by atoms with Crippen molar-refractivity contribution in [2.45, 2.75) is 12.8 Å². The van der Waals surface area contributed by atoms with Crippen LogP contribution in [0, 0.1) is 5.92 Å². The number of carbonyl (C=O) groups excluding carboxylic acids is 1. The molecule has 0 bridgehead atoms. The van der Waals surface area contributed by atoms with Crippen LogP contribution in [0.3, 0.4) is 0 Å². The molecule has 5 heteroatoms. The SMILES string of the molecule is O=C(Nc1ccccc1-c1nc2ccccc2[nH]1)C1CCCNC1. The molecule has 5 nitrogen and oxygen atoms in total. The molecule has 3 aromatic rings. The van der Waals surface area contributed by atoms with Gasteiger partial charge in [-0.1, -0.05) is 24.3 Å². The van der Waals surface area contributed by atoms with Crippen molar-refractivity contribution in [3.05, 3.63) is 48.5 Å². The molecule has 2 aromatic carbocycles. The fourth-order valence-electron chi connectivity index (χ4n) is 3.19. The van der Waals surface area contributed by atoms with Crippen molar-refractivity contribution in [1.29, 1.82) is 0 Å². The predicted molar refractivity (Wildman–Crippen MR) is 95.8 cm³/mol. The summed E-state index contributed by atoms with van der Waals surface area (Å²) in [4.78, 5) is 20.5. The van der Waals surface area contributed by atoms with E-state index in [1.165, 1.54) is 0 Å². The zero-order chi connectivity index (χ0) is 16.4. The molecule has 0 aliphatic carbocycles. The first-order valence-corrected chi connectivity index (χ1v) is 8.37. The lowest BCUT2D eigenvalue weighted by atomic mass is 9.98. The number of benzene rings is 2. The summed E-state index contributed by atoms with van der Waals surface area (Å²) < 4.78 is 0. The van der Waals surface area contributed by atoms with E-state index in [4.69, 9.17) is 0 Å². The third-order valence-electron chi connectivity index (χ3n) is 4.50. The van der Waals surface area contributed by atoms with Crippen LogP contribution in [0.4, 0.5) is 5.69 Å². The summed E-state index contributed by atoms with van der Waals surface area (Å²) in [5.74, 6) is 0.877. The third kappa shape index (κ3) is 2.90. The van der Waals surface area contributed by atoms with Gasteiger partial charge in [0.05, 0.1) is 22.6 Å². The molecule has 1 aliphatic rings. The van der Waals surface area contributed by atoms with Crippen molar-refractivity contribution < 1.29 is 4.79 Å². The molecule has 122 valence electrons. The van der Waals surface area contributed by atoms with Gasteiger partial charge in [0, 0.05) is 12.1 Å².